The number of rotatable bonds is 7. The maximum atomic E-state index is 11.8. The molecule has 2 N–H and O–H groups in total. The zero-order chi connectivity index (χ0) is 12.5. The van der Waals surface area contributed by atoms with Crippen LogP contribution in [0, 0.1) is 0 Å². The SMILES string of the molecule is CCCCCOC(=O)c1ccccc1CCN. The van der Waals surface area contributed by atoms with Crippen molar-refractivity contribution >= 4 is 5.97 Å². The van der Waals surface area contributed by atoms with Crippen LogP contribution in [0.15, 0.2) is 24.3 Å². The van der Waals surface area contributed by atoms with Crippen LogP contribution in [0.2, 0.25) is 0 Å². The van der Waals surface area contributed by atoms with E-state index >= 15 is 0 Å². The van der Waals surface area contributed by atoms with Crippen molar-refractivity contribution in [1.82, 2.24) is 0 Å². The van der Waals surface area contributed by atoms with Gasteiger partial charge in [-0.05, 0) is 31.0 Å². The number of unbranched alkanes of at least 4 members (excludes halogenated alkanes) is 2. The maximum absolute atomic E-state index is 11.8. The molecule has 17 heavy (non-hydrogen) atoms. The Bertz CT molecular complexity index is 350. The molecule has 0 aromatic heterocycles. The minimum atomic E-state index is -0.231. The van der Waals surface area contributed by atoms with Gasteiger partial charge in [-0.2, -0.15) is 0 Å². The van der Waals surface area contributed by atoms with E-state index in [-0.39, 0.29) is 5.97 Å². The number of benzene rings is 1. The average Bonchev–Trinajstić information content (AvgIpc) is 2.35. The Kier molecular flexibility index (Phi) is 6.33. The molecule has 0 unspecified atom stereocenters. The Balaban J connectivity index is 2.55. The molecule has 0 heterocycles. The number of ether oxygens (including phenoxy) is 1. The highest BCUT2D eigenvalue weighted by Crippen LogP contribution is 2.11. The normalized spacial score (nSPS) is 10.2. The van der Waals surface area contributed by atoms with Crippen molar-refractivity contribution in [2.75, 3.05) is 13.2 Å². The molecule has 1 aromatic rings. The largest absolute Gasteiger partial charge is 0.462 e. The second-order valence-corrected chi connectivity index (χ2v) is 4.04. The number of hydrogen-bond donors (Lipinski definition) is 1. The van der Waals surface area contributed by atoms with Gasteiger partial charge in [0.05, 0.1) is 12.2 Å². The molecule has 3 nitrogen and oxygen atoms in total. The summed E-state index contributed by atoms with van der Waals surface area (Å²) in [5.41, 5.74) is 7.13. The molecule has 0 atom stereocenters. The van der Waals surface area contributed by atoms with Gasteiger partial charge < -0.3 is 10.5 Å². The summed E-state index contributed by atoms with van der Waals surface area (Å²) in [6.07, 6.45) is 3.86. The average molecular weight is 235 g/mol. The molecule has 3 heteroatoms. The highest BCUT2D eigenvalue weighted by atomic mass is 16.5. The minimum absolute atomic E-state index is 0.231. The van der Waals surface area contributed by atoms with Crippen molar-refractivity contribution in [2.24, 2.45) is 5.73 Å². The van der Waals surface area contributed by atoms with Crippen LogP contribution in [-0.2, 0) is 11.2 Å². The molecule has 0 bridgehead atoms. The second kappa shape index (κ2) is 7.85. The molecule has 0 radical (unpaired) electrons. The standard InChI is InChI=1S/C14H21NO2/c1-2-3-6-11-17-14(16)13-8-5-4-7-12(13)9-10-15/h4-5,7-8H,2-3,6,9-11,15H2,1H3. The molecular formula is C14H21NO2. The first-order valence-electron chi connectivity index (χ1n) is 6.24. The van der Waals surface area contributed by atoms with Gasteiger partial charge in [-0.1, -0.05) is 38.0 Å². The summed E-state index contributed by atoms with van der Waals surface area (Å²) in [6.45, 7) is 3.17. The number of hydrogen-bond acceptors (Lipinski definition) is 3. The van der Waals surface area contributed by atoms with Crippen LogP contribution < -0.4 is 5.73 Å². The van der Waals surface area contributed by atoms with E-state index in [1.807, 2.05) is 18.2 Å². The van der Waals surface area contributed by atoms with Gasteiger partial charge in [0.1, 0.15) is 0 Å². The Morgan fingerprint density at radius 2 is 2.06 bits per heavy atom. The quantitative estimate of drug-likeness (QED) is 0.583. The monoisotopic (exact) mass is 235 g/mol. The smallest absolute Gasteiger partial charge is 0.338 e. The summed E-state index contributed by atoms with van der Waals surface area (Å²) < 4.78 is 5.24. The van der Waals surface area contributed by atoms with Crippen molar-refractivity contribution in [1.29, 1.82) is 0 Å². The van der Waals surface area contributed by atoms with Crippen LogP contribution in [0.5, 0.6) is 0 Å². The van der Waals surface area contributed by atoms with Gasteiger partial charge in [0, 0.05) is 0 Å². The fourth-order valence-electron chi connectivity index (χ4n) is 1.69. The number of esters is 1. The molecule has 0 amide bonds. The summed E-state index contributed by atoms with van der Waals surface area (Å²) in [7, 11) is 0. The van der Waals surface area contributed by atoms with Gasteiger partial charge in [-0.3, -0.25) is 0 Å². The predicted octanol–water partition coefficient (Wildman–Crippen LogP) is 2.53. The lowest BCUT2D eigenvalue weighted by Crippen LogP contribution is -2.12. The van der Waals surface area contributed by atoms with E-state index in [1.165, 1.54) is 0 Å². The molecule has 94 valence electrons. The molecule has 0 saturated carbocycles. The fraction of sp³-hybridized carbons (Fsp3) is 0.500. The zero-order valence-electron chi connectivity index (χ0n) is 10.4. The first kappa shape index (κ1) is 13.7. The Morgan fingerprint density at radius 3 is 2.76 bits per heavy atom. The number of carbonyl (C=O) groups excluding carboxylic acids is 1. The summed E-state index contributed by atoms with van der Waals surface area (Å²) in [5, 5.41) is 0. The number of nitrogens with two attached hydrogens (primary N) is 1. The molecule has 0 saturated heterocycles. The van der Waals surface area contributed by atoms with E-state index in [0.717, 1.165) is 24.8 Å². The van der Waals surface area contributed by atoms with Crippen molar-refractivity contribution in [3.05, 3.63) is 35.4 Å². The van der Waals surface area contributed by atoms with Gasteiger partial charge >= 0.3 is 5.97 Å². The summed E-state index contributed by atoms with van der Waals surface area (Å²) >= 11 is 0. The molecule has 0 aliphatic rings. The highest BCUT2D eigenvalue weighted by molar-refractivity contribution is 5.91. The first-order chi connectivity index (χ1) is 8.29. The van der Waals surface area contributed by atoms with E-state index in [1.54, 1.807) is 6.07 Å². The first-order valence-corrected chi connectivity index (χ1v) is 6.24. The molecule has 1 aromatic carbocycles. The molecule has 0 fully saturated rings. The van der Waals surface area contributed by atoms with Crippen molar-refractivity contribution in [3.63, 3.8) is 0 Å². The topological polar surface area (TPSA) is 52.3 Å². The zero-order valence-corrected chi connectivity index (χ0v) is 10.4. The van der Waals surface area contributed by atoms with Crippen LogP contribution in [-0.4, -0.2) is 19.1 Å². The van der Waals surface area contributed by atoms with Gasteiger partial charge in [-0.25, -0.2) is 4.79 Å². The van der Waals surface area contributed by atoms with Crippen molar-refractivity contribution in [3.8, 4) is 0 Å². The second-order valence-electron chi connectivity index (χ2n) is 4.04. The van der Waals surface area contributed by atoms with E-state index in [4.69, 9.17) is 10.5 Å². The maximum Gasteiger partial charge on any atom is 0.338 e. The van der Waals surface area contributed by atoms with Crippen LogP contribution >= 0.6 is 0 Å². The van der Waals surface area contributed by atoms with Crippen molar-refractivity contribution < 1.29 is 9.53 Å². The van der Waals surface area contributed by atoms with Crippen LogP contribution in [0.25, 0.3) is 0 Å². The lowest BCUT2D eigenvalue weighted by molar-refractivity contribution is 0.0497. The van der Waals surface area contributed by atoms with Gasteiger partial charge in [0.25, 0.3) is 0 Å². The third kappa shape index (κ3) is 4.57. The highest BCUT2D eigenvalue weighted by Gasteiger charge is 2.11. The van der Waals surface area contributed by atoms with Gasteiger partial charge in [0.15, 0.2) is 0 Å². The third-order valence-corrected chi connectivity index (χ3v) is 2.63. The predicted molar refractivity (Wildman–Crippen MR) is 69.0 cm³/mol. The lowest BCUT2D eigenvalue weighted by Gasteiger charge is -2.08. The Morgan fingerprint density at radius 1 is 1.29 bits per heavy atom. The van der Waals surface area contributed by atoms with Gasteiger partial charge in [0.2, 0.25) is 0 Å². The van der Waals surface area contributed by atoms with Crippen LogP contribution in [0.1, 0.15) is 42.1 Å². The molecule has 0 aliphatic carbocycles. The molecule has 0 spiro atoms. The summed E-state index contributed by atoms with van der Waals surface area (Å²) in [5.74, 6) is -0.231. The lowest BCUT2D eigenvalue weighted by atomic mass is 10.0. The van der Waals surface area contributed by atoms with E-state index in [9.17, 15) is 4.79 Å². The Hall–Kier alpha value is -1.35. The van der Waals surface area contributed by atoms with Crippen LogP contribution in [0.4, 0.5) is 0 Å². The minimum Gasteiger partial charge on any atom is -0.462 e. The third-order valence-electron chi connectivity index (χ3n) is 2.63. The Labute approximate surface area is 103 Å². The molecule has 1 rings (SSSR count). The van der Waals surface area contributed by atoms with Gasteiger partial charge in [-0.15, -0.1) is 0 Å². The van der Waals surface area contributed by atoms with E-state index < -0.39 is 0 Å². The summed E-state index contributed by atoms with van der Waals surface area (Å²) in [4.78, 5) is 11.8. The number of carbonyl (C=O) groups is 1. The van der Waals surface area contributed by atoms with E-state index in [0.29, 0.717) is 25.1 Å². The molecule has 0 aliphatic heterocycles. The van der Waals surface area contributed by atoms with E-state index in [2.05, 4.69) is 6.92 Å². The summed E-state index contributed by atoms with van der Waals surface area (Å²) in [6, 6.07) is 7.49. The molecular weight excluding hydrogens is 214 g/mol. The fourth-order valence-corrected chi connectivity index (χ4v) is 1.69. The van der Waals surface area contributed by atoms with Crippen LogP contribution in [0.3, 0.4) is 0 Å². The van der Waals surface area contributed by atoms with Crippen molar-refractivity contribution in [2.45, 2.75) is 32.6 Å².